The number of nitrogens with one attached hydrogen (secondary N) is 2. The number of aliphatic hydroxyl groups is 1. The number of methoxy groups -OCH3 is 1. The van der Waals surface area contributed by atoms with Gasteiger partial charge >= 0.3 is 11.9 Å². The summed E-state index contributed by atoms with van der Waals surface area (Å²) >= 11 is 1.38. The third-order valence-corrected chi connectivity index (χ3v) is 11.2. The molecule has 2 aromatic rings. The maximum atomic E-state index is 13.5. The number of amides is 1. The molecule has 0 aromatic heterocycles. The zero-order valence-electron chi connectivity index (χ0n) is 26.9. The molecule has 0 saturated carbocycles. The molecule has 8 rings (SSSR count). The van der Waals surface area contributed by atoms with Crippen LogP contribution in [0.25, 0.3) is 0 Å². The van der Waals surface area contributed by atoms with Crippen molar-refractivity contribution < 1.29 is 48.3 Å². The number of carbonyl (C=O) groups is 3. The average molecular weight is 670 g/mol. The Balaban J connectivity index is 1.47. The lowest BCUT2D eigenvalue weighted by Crippen LogP contribution is -2.69. The molecule has 2 fully saturated rings. The first-order valence-electron chi connectivity index (χ1n) is 15.9. The number of benzene rings is 2. The zero-order valence-corrected chi connectivity index (χ0v) is 27.7. The Morgan fingerprint density at radius 2 is 1.91 bits per heavy atom. The van der Waals surface area contributed by atoms with Crippen LogP contribution < -0.4 is 29.6 Å². The van der Waals surface area contributed by atoms with Crippen molar-refractivity contribution in [1.29, 1.82) is 0 Å². The number of hydrogen-bond acceptors (Lipinski definition) is 13. The van der Waals surface area contributed by atoms with Gasteiger partial charge in [0.25, 0.3) is 0 Å². The highest BCUT2D eigenvalue weighted by molar-refractivity contribution is 7.99. The molecule has 0 radical (unpaired) electrons. The van der Waals surface area contributed by atoms with E-state index in [1.165, 1.54) is 25.8 Å². The van der Waals surface area contributed by atoms with Gasteiger partial charge in [-0.1, -0.05) is 13.0 Å². The van der Waals surface area contributed by atoms with Crippen LogP contribution in [0.4, 0.5) is 0 Å². The summed E-state index contributed by atoms with van der Waals surface area (Å²) in [5, 5.41) is 29.7. The number of ether oxygens (including phenoxy) is 5. The summed E-state index contributed by atoms with van der Waals surface area (Å²) in [5.41, 5.74) is 4.18. The van der Waals surface area contributed by atoms with E-state index in [4.69, 9.17) is 23.7 Å². The summed E-state index contributed by atoms with van der Waals surface area (Å²) < 4.78 is 29.5. The highest BCUT2D eigenvalue weighted by Crippen LogP contribution is 2.62. The Morgan fingerprint density at radius 3 is 2.64 bits per heavy atom. The van der Waals surface area contributed by atoms with Gasteiger partial charge in [0.1, 0.15) is 24.6 Å². The van der Waals surface area contributed by atoms with E-state index in [2.05, 4.69) is 10.6 Å². The van der Waals surface area contributed by atoms with Crippen LogP contribution in [0.15, 0.2) is 6.07 Å². The Kier molecular flexibility index (Phi) is 8.18. The second-order valence-electron chi connectivity index (χ2n) is 12.7. The van der Waals surface area contributed by atoms with Gasteiger partial charge in [-0.15, -0.1) is 11.8 Å². The van der Waals surface area contributed by atoms with Crippen LogP contribution in [0.5, 0.6) is 28.7 Å². The van der Waals surface area contributed by atoms with Gasteiger partial charge in [-0.2, -0.15) is 0 Å². The standard InChI is InChI=1S/C33H39N3O10S/c1-6-7-20(38)34-18-11-47-31-23-22(30-29(44-12-45-30)14(3)28(23)46-15(4)37)19(10-43-33(18)41)36-25(31)24-21-16(9-17(35-24)32(36)40)8-13(2)27(42-5)26(21)39/h8,17-19,24-25,31-32,35,39-40H,6-7,9-12H2,1-5H3,(H,34,38)/t17-,18+,19+,24+,25?,31-,32+/m1/s1. The Labute approximate surface area is 276 Å². The van der Waals surface area contributed by atoms with Crippen LogP contribution in [0, 0.1) is 13.8 Å². The van der Waals surface area contributed by atoms with Crippen molar-refractivity contribution in [2.24, 2.45) is 0 Å². The van der Waals surface area contributed by atoms with Crippen LogP contribution in [0.1, 0.15) is 77.4 Å². The number of piperazine rings is 1. The smallest absolute Gasteiger partial charge is 0.329 e. The first kappa shape index (κ1) is 31.9. The number of fused-ring (bicyclic) bond motifs is 10. The molecule has 2 saturated heterocycles. The number of nitrogens with zero attached hydrogens (tertiary/aromatic N) is 1. The van der Waals surface area contributed by atoms with Crippen LogP contribution in [-0.2, 0) is 25.5 Å². The number of phenols is 1. The van der Waals surface area contributed by atoms with E-state index in [-0.39, 0.29) is 37.2 Å². The zero-order chi connectivity index (χ0) is 33.3. The van der Waals surface area contributed by atoms with Gasteiger partial charge in [0, 0.05) is 47.4 Å². The molecule has 47 heavy (non-hydrogen) atoms. The fraction of sp³-hybridized carbons (Fsp3) is 0.545. The first-order chi connectivity index (χ1) is 22.5. The van der Waals surface area contributed by atoms with Gasteiger partial charge < -0.3 is 44.5 Å². The van der Waals surface area contributed by atoms with Crippen molar-refractivity contribution in [3.05, 3.63) is 39.4 Å². The summed E-state index contributed by atoms with van der Waals surface area (Å²) in [7, 11) is 1.51. The van der Waals surface area contributed by atoms with Gasteiger partial charge in [-0.05, 0) is 37.8 Å². The van der Waals surface area contributed by atoms with Gasteiger partial charge in [0.15, 0.2) is 23.0 Å². The van der Waals surface area contributed by atoms with Crippen molar-refractivity contribution in [3.8, 4) is 28.7 Å². The molecule has 4 N–H and O–H groups in total. The number of rotatable bonds is 5. The third kappa shape index (κ3) is 4.99. The Hall–Kier alpha value is -3.72. The van der Waals surface area contributed by atoms with Crippen LogP contribution in [-0.4, -0.2) is 83.6 Å². The minimum absolute atomic E-state index is 0.0196. The van der Waals surface area contributed by atoms with Crippen molar-refractivity contribution in [1.82, 2.24) is 15.5 Å². The topological polar surface area (TPSA) is 165 Å². The van der Waals surface area contributed by atoms with Crippen molar-refractivity contribution in [3.63, 3.8) is 0 Å². The number of aryl methyl sites for hydroxylation is 1. The second-order valence-corrected chi connectivity index (χ2v) is 13.8. The number of aliphatic hydroxyl groups excluding tert-OH is 1. The SMILES string of the molecule is CCCC(=O)N[C@H]1CS[C@@H]2c3c(OC(C)=O)c(C)c4c(c3[C@H](COC1=O)N1C2[C@H]2N[C@H](Cc3cc(C)c(OC)c(O)c32)[C@@H]1O)OCO4. The molecule has 6 heterocycles. The number of hydrogen-bond donors (Lipinski definition) is 4. The predicted molar refractivity (Wildman–Crippen MR) is 169 cm³/mol. The number of aromatic hydroxyl groups is 1. The molecule has 6 aliphatic rings. The summed E-state index contributed by atoms with van der Waals surface area (Å²) in [5.74, 6) is 0.337. The molecule has 2 aromatic carbocycles. The largest absolute Gasteiger partial charge is 0.504 e. The normalized spacial score (nSPS) is 28.8. The summed E-state index contributed by atoms with van der Waals surface area (Å²) in [4.78, 5) is 40.7. The maximum Gasteiger partial charge on any atom is 0.329 e. The lowest BCUT2D eigenvalue weighted by Gasteiger charge is -2.59. The van der Waals surface area contributed by atoms with E-state index in [1.807, 2.05) is 24.8 Å². The predicted octanol–water partition coefficient (Wildman–Crippen LogP) is 2.60. The van der Waals surface area contributed by atoms with Gasteiger partial charge in [0.2, 0.25) is 12.7 Å². The maximum absolute atomic E-state index is 13.5. The van der Waals surface area contributed by atoms with Crippen LogP contribution in [0.2, 0.25) is 0 Å². The molecule has 0 spiro atoms. The molecule has 7 atom stereocenters. The van der Waals surface area contributed by atoms with E-state index in [1.54, 1.807) is 6.92 Å². The highest BCUT2D eigenvalue weighted by Gasteiger charge is 2.58. The minimum Gasteiger partial charge on any atom is -0.504 e. The van der Waals surface area contributed by atoms with Crippen molar-refractivity contribution in [2.75, 3.05) is 26.3 Å². The lowest BCUT2D eigenvalue weighted by atomic mass is 9.74. The van der Waals surface area contributed by atoms with Gasteiger partial charge in [-0.25, -0.2) is 4.79 Å². The van der Waals surface area contributed by atoms with Crippen LogP contribution in [0.3, 0.4) is 0 Å². The monoisotopic (exact) mass is 669 g/mol. The Bertz CT molecular complexity index is 1670. The highest BCUT2D eigenvalue weighted by atomic mass is 32.2. The van der Waals surface area contributed by atoms with Crippen molar-refractivity contribution >= 4 is 29.6 Å². The lowest BCUT2D eigenvalue weighted by molar-refractivity contribution is -0.160. The van der Waals surface area contributed by atoms with E-state index in [9.17, 15) is 24.6 Å². The second kappa shape index (κ2) is 12.1. The van der Waals surface area contributed by atoms with E-state index < -0.39 is 53.6 Å². The molecule has 252 valence electrons. The number of phenolic OH excluding ortho intramolecular Hbond substituents is 1. The molecule has 4 bridgehead atoms. The fourth-order valence-corrected chi connectivity index (χ4v) is 9.49. The Morgan fingerprint density at radius 1 is 1.15 bits per heavy atom. The molecular weight excluding hydrogens is 630 g/mol. The third-order valence-electron chi connectivity index (χ3n) is 9.79. The number of thioether (sulfide) groups is 1. The van der Waals surface area contributed by atoms with E-state index in [0.29, 0.717) is 58.1 Å². The molecular formula is C33H39N3O10S. The number of esters is 2. The van der Waals surface area contributed by atoms with E-state index in [0.717, 1.165) is 11.1 Å². The molecule has 14 heteroatoms. The summed E-state index contributed by atoms with van der Waals surface area (Å²) in [6, 6.07) is -1.21. The summed E-state index contributed by atoms with van der Waals surface area (Å²) in [6.45, 7) is 6.64. The fourth-order valence-electron chi connectivity index (χ4n) is 7.98. The average Bonchev–Trinajstić information content (AvgIpc) is 3.52. The van der Waals surface area contributed by atoms with Crippen LogP contribution >= 0.6 is 11.8 Å². The van der Waals surface area contributed by atoms with Gasteiger partial charge in [-0.3, -0.25) is 14.5 Å². The number of carbonyl (C=O) groups excluding carboxylic acids is 3. The molecule has 1 unspecified atom stereocenters. The van der Waals surface area contributed by atoms with E-state index >= 15 is 0 Å². The minimum atomic E-state index is -1.04. The molecule has 1 amide bonds. The molecule has 0 aliphatic carbocycles. The summed E-state index contributed by atoms with van der Waals surface area (Å²) in [6.07, 6.45) is 0.272. The van der Waals surface area contributed by atoms with Crippen molar-refractivity contribution in [2.45, 2.75) is 88.6 Å². The van der Waals surface area contributed by atoms with Gasteiger partial charge in [0.05, 0.1) is 30.5 Å². The first-order valence-corrected chi connectivity index (χ1v) is 16.9. The molecule has 6 aliphatic heterocycles. The quantitative estimate of drug-likeness (QED) is 0.272. The molecule has 13 nitrogen and oxygen atoms in total.